The Morgan fingerprint density at radius 3 is 2.77 bits per heavy atom. The van der Waals surface area contributed by atoms with Crippen LogP contribution in [0.15, 0.2) is 64.4 Å². The molecule has 1 aromatic heterocycles. The lowest BCUT2D eigenvalue weighted by molar-refractivity contribution is 0.0955. The predicted octanol–water partition coefficient (Wildman–Crippen LogP) is 5.50. The average molecular weight is 509 g/mol. The van der Waals surface area contributed by atoms with Crippen molar-refractivity contribution in [2.45, 2.75) is 6.61 Å². The van der Waals surface area contributed by atoms with Gasteiger partial charge in [0.1, 0.15) is 6.61 Å². The summed E-state index contributed by atoms with van der Waals surface area (Å²) in [6.07, 6.45) is 4.56. The monoisotopic (exact) mass is 507 g/mol. The van der Waals surface area contributed by atoms with Gasteiger partial charge in [-0.25, -0.2) is 5.43 Å². The number of hydrogen-bond acceptors (Lipinski definition) is 5. The van der Waals surface area contributed by atoms with Crippen LogP contribution in [-0.4, -0.2) is 24.2 Å². The van der Waals surface area contributed by atoms with Crippen LogP contribution in [0.3, 0.4) is 0 Å². The summed E-state index contributed by atoms with van der Waals surface area (Å²) < 4.78 is 12.0. The molecule has 30 heavy (non-hydrogen) atoms. The van der Waals surface area contributed by atoms with Gasteiger partial charge >= 0.3 is 0 Å². The highest BCUT2D eigenvalue weighted by Crippen LogP contribution is 2.37. The van der Waals surface area contributed by atoms with Gasteiger partial charge in [-0.2, -0.15) is 5.10 Å². The minimum atomic E-state index is -0.355. The molecule has 0 saturated heterocycles. The molecular weight excluding hydrogens is 493 g/mol. The Hall–Kier alpha value is -2.61. The van der Waals surface area contributed by atoms with Gasteiger partial charge in [0, 0.05) is 12.4 Å². The molecule has 1 heterocycles. The number of amides is 1. The number of hydrogen-bond donors (Lipinski definition) is 1. The molecular formula is C21H16BrCl2N3O3. The molecule has 0 bridgehead atoms. The van der Waals surface area contributed by atoms with Crippen molar-refractivity contribution in [3.8, 4) is 11.5 Å². The molecule has 6 nitrogen and oxygen atoms in total. The van der Waals surface area contributed by atoms with Gasteiger partial charge in [0.05, 0.1) is 33.4 Å². The molecule has 9 heteroatoms. The summed E-state index contributed by atoms with van der Waals surface area (Å²) in [5.41, 5.74) is 4.44. The Bertz CT molecular complexity index is 1080. The van der Waals surface area contributed by atoms with Gasteiger partial charge in [0.25, 0.3) is 5.91 Å². The van der Waals surface area contributed by atoms with Gasteiger partial charge in [0.15, 0.2) is 11.5 Å². The zero-order valence-corrected chi connectivity index (χ0v) is 18.8. The number of ether oxygens (including phenoxy) is 2. The first kappa shape index (κ1) is 22.1. The summed E-state index contributed by atoms with van der Waals surface area (Å²) in [6.45, 7) is 0.278. The number of carbonyl (C=O) groups is 1. The lowest BCUT2D eigenvalue weighted by Gasteiger charge is -2.14. The SMILES string of the molecule is COc1cc(/C=N\NC(=O)c2cccnc2)cc(Br)c1OCc1ccc(Cl)c(Cl)c1. The molecule has 0 aliphatic carbocycles. The van der Waals surface area contributed by atoms with E-state index in [1.165, 1.54) is 12.4 Å². The number of hydrazone groups is 1. The fraction of sp³-hybridized carbons (Fsp3) is 0.0952. The fourth-order valence-electron chi connectivity index (χ4n) is 2.47. The number of methoxy groups -OCH3 is 1. The highest BCUT2D eigenvalue weighted by molar-refractivity contribution is 9.10. The molecule has 0 atom stereocenters. The maximum Gasteiger partial charge on any atom is 0.272 e. The molecule has 154 valence electrons. The Kier molecular flexibility index (Phi) is 7.68. The maximum absolute atomic E-state index is 12.0. The van der Waals surface area contributed by atoms with E-state index in [4.69, 9.17) is 32.7 Å². The third-order valence-corrected chi connectivity index (χ3v) is 5.25. The van der Waals surface area contributed by atoms with Crippen molar-refractivity contribution >= 4 is 51.3 Å². The number of pyridine rings is 1. The van der Waals surface area contributed by atoms with Gasteiger partial charge in [-0.3, -0.25) is 9.78 Å². The number of rotatable bonds is 7. The third kappa shape index (κ3) is 5.72. The van der Waals surface area contributed by atoms with Crippen LogP contribution in [0.5, 0.6) is 11.5 Å². The number of benzene rings is 2. The van der Waals surface area contributed by atoms with Crippen LogP contribution >= 0.6 is 39.1 Å². The first-order valence-electron chi connectivity index (χ1n) is 8.65. The summed E-state index contributed by atoms with van der Waals surface area (Å²) in [5.74, 6) is 0.677. The number of carbonyl (C=O) groups excluding carboxylic acids is 1. The zero-order valence-electron chi connectivity index (χ0n) is 15.7. The van der Waals surface area contributed by atoms with Crippen molar-refractivity contribution in [2.75, 3.05) is 7.11 Å². The van der Waals surface area contributed by atoms with Crippen LogP contribution in [0.2, 0.25) is 10.0 Å². The molecule has 0 aliphatic rings. The largest absolute Gasteiger partial charge is 0.493 e. The number of nitrogens with one attached hydrogen (secondary N) is 1. The van der Waals surface area contributed by atoms with Gasteiger partial charge in [-0.1, -0.05) is 29.3 Å². The van der Waals surface area contributed by atoms with E-state index in [0.29, 0.717) is 37.1 Å². The van der Waals surface area contributed by atoms with Crippen LogP contribution in [0, 0.1) is 0 Å². The molecule has 2 aromatic carbocycles. The Morgan fingerprint density at radius 2 is 2.07 bits per heavy atom. The molecule has 0 saturated carbocycles. The summed E-state index contributed by atoms with van der Waals surface area (Å²) in [5, 5.41) is 4.93. The van der Waals surface area contributed by atoms with Crippen molar-refractivity contribution < 1.29 is 14.3 Å². The highest BCUT2D eigenvalue weighted by atomic mass is 79.9. The number of aromatic nitrogens is 1. The van der Waals surface area contributed by atoms with Gasteiger partial charge in [-0.15, -0.1) is 0 Å². The van der Waals surface area contributed by atoms with Gasteiger partial charge < -0.3 is 9.47 Å². The van der Waals surface area contributed by atoms with E-state index in [9.17, 15) is 4.79 Å². The highest BCUT2D eigenvalue weighted by Gasteiger charge is 2.12. The topological polar surface area (TPSA) is 72.8 Å². The maximum atomic E-state index is 12.0. The molecule has 3 aromatic rings. The van der Waals surface area contributed by atoms with Gasteiger partial charge in [-0.05, 0) is 63.5 Å². The standard InChI is InChI=1S/C21H16BrCl2N3O3/c1-29-19-9-14(10-26-27-21(28)15-3-2-6-25-11-15)7-16(22)20(19)30-12-13-4-5-17(23)18(24)8-13/h2-11H,12H2,1H3,(H,27,28)/b26-10-. The van der Waals surface area contributed by atoms with Crippen LogP contribution < -0.4 is 14.9 Å². The van der Waals surface area contributed by atoms with E-state index >= 15 is 0 Å². The van der Waals surface area contributed by atoms with E-state index in [1.807, 2.05) is 6.07 Å². The van der Waals surface area contributed by atoms with Crippen molar-refractivity contribution in [1.29, 1.82) is 0 Å². The summed E-state index contributed by atoms with van der Waals surface area (Å²) >= 11 is 15.5. The smallest absolute Gasteiger partial charge is 0.272 e. The molecule has 3 rings (SSSR count). The number of halogens is 3. The van der Waals surface area contributed by atoms with Crippen molar-refractivity contribution in [2.24, 2.45) is 5.10 Å². The molecule has 0 aliphatic heterocycles. The van der Waals surface area contributed by atoms with Crippen LogP contribution in [0.4, 0.5) is 0 Å². The summed E-state index contributed by atoms with van der Waals surface area (Å²) in [6, 6.07) is 12.2. The molecule has 1 N–H and O–H groups in total. The fourth-order valence-corrected chi connectivity index (χ4v) is 3.36. The minimum Gasteiger partial charge on any atom is -0.493 e. The van der Waals surface area contributed by atoms with Crippen LogP contribution in [0.1, 0.15) is 21.5 Å². The second kappa shape index (κ2) is 10.4. The Labute approximate surface area is 192 Å². The Morgan fingerprint density at radius 1 is 1.23 bits per heavy atom. The zero-order chi connectivity index (χ0) is 21.5. The van der Waals surface area contributed by atoms with E-state index in [2.05, 4.69) is 31.4 Å². The lowest BCUT2D eigenvalue weighted by atomic mass is 10.2. The van der Waals surface area contributed by atoms with E-state index in [-0.39, 0.29) is 12.5 Å². The molecule has 0 radical (unpaired) electrons. The first-order valence-corrected chi connectivity index (χ1v) is 10.2. The second-order valence-corrected chi connectivity index (χ2v) is 7.68. The molecule has 0 unspecified atom stereocenters. The molecule has 0 spiro atoms. The van der Waals surface area contributed by atoms with E-state index in [1.54, 1.807) is 49.7 Å². The quantitative estimate of drug-likeness (QED) is 0.337. The molecule has 0 fully saturated rings. The van der Waals surface area contributed by atoms with Crippen molar-refractivity contribution in [1.82, 2.24) is 10.4 Å². The second-order valence-electron chi connectivity index (χ2n) is 6.01. The molecule has 1 amide bonds. The average Bonchev–Trinajstić information content (AvgIpc) is 2.75. The van der Waals surface area contributed by atoms with E-state index < -0.39 is 0 Å². The van der Waals surface area contributed by atoms with Crippen molar-refractivity contribution in [3.63, 3.8) is 0 Å². The van der Waals surface area contributed by atoms with Crippen LogP contribution in [0.25, 0.3) is 0 Å². The van der Waals surface area contributed by atoms with Gasteiger partial charge in [0.2, 0.25) is 0 Å². The van der Waals surface area contributed by atoms with E-state index in [0.717, 1.165) is 5.56 Å². The van der Waals surface area contributed by atoms with Crippen LogP contribution in [-0.2, 0) is 6.61 Å². The minimum absolute atomic E-state index is 0.278. The Balaban J connectivity index is 1.70. The summed E-state index contributed by atoms with van der Waals surface area (Å²) in [7, 11) is 1.54. The third-order valence-electron chi connectivity index (χ3n) is 3.92. The summed E-state index contributed by atoms with van der Waals surface area (Å²) in [4.78, 5) is 15.9. The van der Waals surface area contributed by atoms with Crippen molar-refractivity contribution in [3.05, 3.63) is 86.1 Å². The lowest BCUT2D eigenvalue weighted by Crippen LogP contribution is -2.17. The normalized spacial score (nSPS) is 10.8. The first-order chi connectivity index (χ1) is 14.5. The number of nitrogens with zero attached hydrogens (tertiary/aromatic N) is 2. The predicted molar refractivity (Wildman–Crippen MR) is 121 cm³/mol.